The molecular weight excluding hydrogens is 344 g/mol. The van der Waals surface area contributed by atoms with Crippen molar-refractivity contribution in [3.63, 3.8) is 0 Å². The van der Waals surface area contributed by atoms with Gasteiger partial charge < -0.3 is 11.5 Å². The van der Waals surface area contributed by atoms with Crippen molar-refractivity contribution in [1.82, 2.24) is 0 Å². The summed E-state index contributed by atoms with van der Waals surface area (Å²) < 4.78 is 0. The fourth-order valence-electron chi connectivity index (χ4n) is 4.63. The molecule has 0 bridgehead atoms. The number of hydrogen-bond donors (Lipinski definition) is 2. The number of hydrogen-bond acceptors (Lipinski definition) is 4. The van der Waals surface area contributed by atoms with E-state index >= 15 is 0 Å². The molecule has 28 heavy (non-hydrogen) atoms. The third-order valence-corrected chi connectivity index (χ3v) is 6.72. The van der Waals surface area contributed by atoms with Crippen LogP contribution in [0.15, 0.2) is 34.3 Å². The minimum absolute atomic E-state index is 0.734. The minimum Gasteiger partial charge on any atom is -0.330 e. The molecule has 1 aromatic rings. The molecule has 0 spiro atoms. The van der Waals surface area contributed by atoms with E-state index in [1.54, 1.807) is 0 Å². The smallest absolute Gasteiger partial charge is 0.0417 e. The first-order valence-electron chi connectivity index (χ1n) is 11.3. The SMILES string of the molecule is NCC1CCC(CN=Cc2cccc(C=NCC3CCC(CN)CC3)c2)CC1. The van der Waals surface area contributed by atoms with Gasteiger partial charge in [0.15, 0.2) is 0 Å². The van der Waals surface area contributed by atoms with Crippen molar-refractivity contribution in [3.8, 4) is 0 Å². The standard InChI is InChI=1S/C24H38N4/c25-13-19-4-8-21(9-5-19)15-27-17-23-2-1-3-24(12-23)18-28-16-22-10-6-20(14-26)7-11-22/h1-3,12,17-22H,4-11,13-16,25-26H2. The summed E-state index contributed by atoms with van der Waals surface area (Å²) in [5, 5.41) is 0. The summed E-state index contributed by atoms with van der Waals surface area (Å²) in [6.07, 6.45) is 14.3. The van der Waals surface area contributed by atoms with E-state index < -0.39 is 0 Å². The molecule has 4 nitrogen and oxygen atoms in total. The lowest BCUT2D eigenvalue weighted by atomic mass is 9.82. The van der Waals surface area contributed by atoms with Crippen molar-refractivity contribution in [2.75, 3.05) is 26.2 Å². The van der Waals surface area contributed by atoms with Gasteiger partial charge in [-0.1, -0.05) is 18.2 Å². The van der Waals surface area contributed by atoms with Crippen molar-refractivity contribution in [1.29, 1.82) is 0 Å². The Hall–Kier alpha value is -1.52. The number of nitrogens with two attached hydrogens (primary N) is 2. The molecule has 0 aliphatic heterocycles. The number of rotatable bonds is 8. The Morgan fingerprint density at radius 2 is 1.07 bits per heavy atom. The third-order valence-electron chi connectivity index (χ3n) is 6.72. The van der Waals surface area contributed by atoms with E-state index in [-0.39, 0.29) is 0 Å². The van der Waals surface area contributed by atoms with Crippen LogP contribution >= 0.6 is 0 Å². The fourth-order valence-corrected chi connectivity index (χ4v) is 4.63. The molecule has 0 unspecified atom stereocenters. The van der Waals surface area contributed by atoms with Gasteiger partial charge in [0.05, 0.1) is 0 Å². The quantitative estimate of drug-likeness (QED) is 0.665. The number of nitrogens with zero attached hydrogens (tertiary/aromatic N) is 2. The maximum atomic E-state index is 5.78. The van der Waals surface area contributed by atoms with E-state index in [1.807, 2.05) is 12.4 Å². The molecule has 2 fully saturated rings. The molecule has 154 valence electrons. The molecule has 2 aliphatic rings. The van der Waals surface area contributed by atoms with Crippen LogP contribution in [-0.2, 0) is 0 Å². The summed E-state index contributed by atoms with van der Waals surface area (Å²) in [6, 6.07) is 8.53. The molecule has 2 aliphatic carbocycles. The van der Waals surface area contributed by atoms with Crippen LogP contribution in [0.25, 0.3) is 0 Å². The van der Waals surface area contributed by atoms with Crippen LogP contribution in [0.3, 0.4) is 0 Å². The zero-order chi connectivity index (χ0) is 19.6. The zero-order valence-electron chi connectivity index (χ0n) is 17.3. The van der Waals surface area contributed by atoms with Gasteiger partial charge in [-0.05, 0) is 105 Å². The average molecular weight is 383 g/mol. The van der Waals surface area contributed by atoms with E-state index in [4.69, 9.17) is 21.5 Å². The monoisotopic (exact) mass is 382 g/mol. The van der Waals surface area contributed by atoms with Gasteiger partial charge in [0.2, 0.25) is 0 Å². The Kier molecular flexibility index (Phi) is 8.69. The molecule has 4 heteroatoms. The van der Waals surface area contributed by atoms with Gasteiger partial charge in [-0.3, -0.25) is 9.98 Å². The lowest BCUT2D eigenvalue weighted by molar-refractivity contribution is 0.285. The Balaban J connectivity index is 1.42. The van der Waals surface area contributed by atoms with Crippen LogP contribution < -0.4 is 11.5 Å². The van der Waals surface area contributed by atoms with Gasteiger partial charge >= 0.3 is 0 Å². The van der Waals surface area contributed by atoms with Gasteiger partial charge in [-0.15, -0.1) is 0 Å². The van der Waals surface area contributed by atoms with Crippen LogP contribution in [0, 0.1) is 23.7 Å². The Labute approximate surface area is 170 Å². The maximum Gasteiger partial charge on any atom is 0.0417 e. The van der Waals surface area contributed by atoms with E-state index in [2.05, 4.69) is 24.3 Å². The Bertz CT molecular complexity index is 572. The van der Waals surface area contributed by atoms with Crippen molar-refractivity contribution >= 4 is 12.4 Å². The normalized spacial score (nSPS) is 28.9. The summed E-state index contributed by atoms with van der Waals surface area (Å²) >= 11 is 0. The van der Waals surface area contributed by atoms with Crippen molar-refractivity contribution < 1.29 is 0 Å². The van der Waals surface area contributed by atoms with E-state index in [0.29, 0.717) is 0 Å². The van der Waals surface area contributed by atoms with Crippen LogP contribution in [-0.4, -0.2) is 38.6 Å². The molecule has 4 N–H and O–H groups in total. The molecule has 0 aromatic heterocycles. The van der Waals surface area contributed by atoms with Crippen molar-refractivity contribution in [3.05, 3.63) is 35.4 Å². The molecule has 0 radical (unpaired) electrons. The fraction of sp³-hybridized carbons (Fsp3) is 0.667. The molecular formula is C24H38N4. The number of benzene rings is 1. The van der Waals surface area contributed by atoms with Gasteiger partial charge in [0.1, 0.15) is 0 Å². The lowest BCUT2D eigenvalue weighted by Gasteiger charge is -2.26. The molecule has 0 saturated heterocycles. The highest BCUT2D eigenvalue weighted by Gasteiger charge is 2.20. The first-order valence-corrected chi connectivity index (χ1v) is 11.3. The average Bonchev–Trinajstić information content (AvgIpc) is 2.75. The predicted molar refractivity (Wildman–Crippen MR) is 120 cm³/mol. The lowest BCUT2D eigenvalue weighted by Crippen LogP contribution is -2.22. The van der Waals surface area contributed by atoms with Crippen LogP contribution in [0.5, 0.6) is 0 Å². The molecule has 3 rings (SSSR count). The zero-order valence-corrected chi connectivity index (χ0v) is 17.3. The second kappa shape index (κ2) is 11.5. The summed E-state index contributed by atoms with van der Waals surface area (Å²) in [5.41, 5.74) is 13.9. The van der Waals surface area contributed by atoms with Gasteiger partial charge in [0.25, 0.3) is 0 Å². The summed E-state index contributed by atoms with van der Waals surface area (Å²) in [4.78, 5) is 9.43. The first-order chi connectivity index (χ1) is 13.8. The maximum absolute atomic E-state index is 5.78. The van der Waals surface area contributed by atoms with Crippen LogP contribution in [0.2, 0.25) is 0 Å². The highest BCUT2D eigenvalue weighted by Crippen LogP contribution is 2.29. The largest absolute Gasteiger partial charge is 0.330 e. The topological polar surface area (TPSA) is 76.8 Å². The molecule has 0 atom stereocenters. The minimum atomic E-state index is 0.734. The van der Waals surface area contributed by atoms with E-state index in [0.717, 1.165) is 49.9 Å². The molecule has 2 saturated carbocycles. The summed E-state index contributed by atoms with van der Waals surface area (Å²) in [5.74, 6) is 2.95. The van der Waals surface area contributed by atoms with Crippen LogP contribution in [0.1, 0.15) is 62.5 Å². The van der Waals surface area contributed by atoms with Crippen molar-refractivity contribution in [2.24, 2.45) is 45.1 Å². The Morgan fingerprint density at radius 3 is 1.46 bits per heavy atom. The molecule has 0 amide bonds. The van der Waals surface area contributed by atoms with Gasteiger partial charge in [-0.25, -0.2) is 0 Å². The predicted octanol–water partition coefficient (Wildman–Crippen LogP) is 4.05. The second-order valence-corrected chi connectivity index (χ2v) is 8.90. The highest BCUT2D eigenvalue weighted by molar-refractivity contribution is 5.86. The molecule has 0 heterocycles. The van der Waals surface area contributed by atoms with E-state index in [1.165, 1.54) is 62.5 Å². The summed E-state index contributed by atoms with van der Waals surface area (Å²) in [6.45, 7) is 3.58. The third kappa shape index (κ3) is 6.82. The second-order valence-electron chi connectivity index (χ2n) is 8.90. The van der Waals surface area contributed by atoms with Gasteiger partial charge in [0, 0.05) is 25.5 Å². The van der Waals surface area contributed by atoms with Crippen molar-refractivity contribution in [2.45, 2.75) is 51.4 Å². The molecule has 1 aromatic carbocycles. The first kappa shape index (κ1) is 21.2. The number of aliphatic imine (C=N–C) groups is 2. The van der Waals surface area contributed by atoms with Gasteiger partial charge in [-0.2, -0.15) is 0 Å². The Morgan fingerprint density at radius 1 is 0.679 bits per heavy atom. The van der Waals surface area contributed by atoms with Crippen LogP contribution in [0.4, 0.5) is 0 Å². The summed E-state index contributed by atoms with van der Waals surface area (Å²) in [7, 11) is 0. The van der Waals surface area contributed by atoms with E-state index in [9.17, 15) is 0 Å². The highest BCUT2D eigenvalue weighted by atomic mass is 14.7.